The van der Waals surface area contributed by atoms with Gasteiger partial charge in [0.25, 0.3) is 5.91 Å². The van der Waals surface area contributed by atoms with Crippen molar-refractivity contribution in [2.45, 2.75) is 43.9 Å². The molecule has 1 aromatic carbocycles. The molecule has 3 rings (SSSR count). The summed E-state index contributed by atoms with van der Waals surface area (Å²) in [7, 11) is 0. The number of benzene rings is 1. The smallest absolute Gasteiger partial charge is 0.317 e. The number of hydrogen-bond acceptors (Lipinski definition) is 4. The quantitative estimate of drug-likeness (QED) is 0.665. The molecular formula is C18H24N2O4. The number of aliphatic hydroxyl groups is 1. The van der Waals surface area contributed by atoms with E-state index < -0.39 is 18.0 Å². The molecule has 0 aromatic heterocycles. The first-order chi connectivity index (χ1) is 11.5. The fourth-order valence-corrected chi connectivity index (χ4v) is 3.22. The van der Waals surface area contributed by atoms with Crippen molar-refractivity contribution in [1.29, 1.82) is 0 Å². The second kappa shape index (κ2) is 7.32. The van der Waals surface area contributed by atoms with Crippen LogP contribution in [0.2, 0.25) is 0 Å². The van der Waals surface area contributed by atoms with Crippen molar-refractivity contribution >= 4 is 11.9 Å². The van der Waals surface area contributed by atoms with Gasteiger partial charge in [-0.15, -0.1) is 0 Å². The maximum absolute atomic E-state index is 12.1. The van der Waals surface area contributed by atoms with E-state index in [0.717, 1.165) is 19.4 Å². The largest absolute Gasteiger partial charge is 0.480 e. The lowest BCUT2D eigenvalue weighted by Crippen LogP contribution is -2.55. The molecule has 0 unspecified atom stereocenters. The molecule has 0 aliphatic heterocycles. The fourth-order valence-electron chi connectivity index (χ4n) is 3.22. The van der Waals surface area contributed by atoms with E-state index in [1.807, 2.05) is 11.0 Å². The predicted octanol–water partition coefficient (Wildman–Crippen LogP) is 1.16. The third-order valence-electron chi connectivity index (χ3n) is 4.87. The summed E-state index contributed by atoms with van der Waals surface area (Å²) >= 11 is 0. The third-order valence-corrected chi connectivity index (χ3v) is 4.87. The molecule has 6 heteroatoms. The van der Waals surface area contributed by atoms with Gasteiger partial charge in [-0.25, -0.2) is 0 Å². The number of carbonyl (C=O) groups is 2. The molecule has 6 nitrogen and oxygen atoms in total. The first kappa shape index (κ1) is 16.9. The summed E-state index contributed by atoms with van der Waals surface area (Å²) in [6, 6.07) is 9.06. The van der Waals surface area contributed by atoms with Crippen molar-refractivity contribution in [1.82, 2.24) is 10.2 Å². The van der Waals surface area contributed by atoms with Crippen molar-refractivity contribution in [3.05, 3.63) is 35.9 Å². The van der Waals surface area contributed by atoms with Crippen LogP contribution in [-0.2, 0) is 9.59 Å². The number of carboxylic acid groups (broad SMARTS) is 1. The lowest BCUT2D eigenvalue weighted by atomic mass is 9.85. The van der Waals surface area contributed by atoms with Crippen LogP contribution in [0.15, 0.2) is 30.3 Å². The van der Waals surface area contributed by atoms with Crippen LogP contribution in [0.5, 0.6) is 0 Å². The molecule has 2 fully saturated rings. The number of carboxylic acids is 1. The SMILES string of the molecule is O=C(O)CN(CC1CC1)C1CC(NC(=O)[C@@H](O)c2ccccc2)C1. The Morgan fingerprint density at radius 3 is 2.46 bits per heavy atom. The van der Waals surface area contributed by atoms with Crippen LogP contribution in [0.1, 0.15) is 37.4 Å². The highest BCUT2D eigenvalue weighted by Gasteiger charge is 2.38. The second-order valence-corrected chi connectivity index (χ2v) is 6.91. The Morgan fingerprint density at radius 1 is 1.21 bits per heavy atom. The van der Waals surface area contributed by atoms with Crippen LogP contribution in [0, 0.1) is 5.92 Å². The average Bonchev–Trinajstić information content (AvgIpc) is 3.33. The van der Waals surface area contributed by atoms with Crippen LogP contribution in [-0.4, -0.2) is 52.2 Å². The average molecular weight is 332 g/mol. The maximum atomic E-state index is 12.1. The Labute approximate surface area is 141 Å². The Hall–Kier alpha value is -1.92. The van der Waals surface area contributed by atoms with Gasteiger partial charge in [-0.2, -0.15) is 0 Å². The van der Waals surface area contributed by atoms with Crippen LogP contribution < -0.4 is 5.32 Å². The zero-order chi connectivity index (χ0) is 17.1. The minimum absolute atomic E-state index is 0.0105. The second-order valence-electron chi connectivity index (χ2n) is 6.91. The molecule has 2 aliphatic carbocycles. The molecular weight excluding hydrogens is 308 g/mol. The number of aliphatic carboxylic acids is 1. The molecule has 0 bridgehead atoms. The Bertz CT molecular complexity index is 582. The number of hydrogen-bond donors (Lipinski definition) is 3. The lowest BCUT2D eigenvalue weighted by molar-refractivity contribution is -0.140. The molecule has 1 amide bonds. The van der Waals surface area contributed by atoms with E-state index in [2.05, 4.69) is 5.32 Å². The predicted molar refractivity (Wildman–Crippen MR) is 88.3 cm³/mol. The van der Waals surface area contributed by atoms with E-state index in [0.29, 0.717) is 11.5 Å². The van der Waals surface area contributed by atoms with Gasteiger partial charge < -0.3 is 15.5 Å². The van der Waals surface area contributed by atoms with Crippen LogP contribution >= 0.6 is 0 Å². The van der Waals surface area contributed by atoms with E-state index in [9.17, 15) is 14.7 Å². The summed E-state index contributed by atoms with van der Waals surface area (Å²) in [4.78, 5) is 25.2. The molecule has 0 radical (unpaired) electrons. The number of rotatable bonds is 8. The van der Waals surface area contributed by atoms with Gasteiger partial charge in [0.2, 0.25) is 0 Å². The molecule has 1 aromatic rings. The molecule has 130 valence electrons. The topological polar surface area (TPSA) is 89.9 Å². The first-order valence-electron chi connectivity index (χ1n) is 8.52. The van der Waals surface area contributed by atoms with Crippen LogP contribution in [0.4, 0.5) is 0 Å². The normalized spacial score (nSPS) is 24.2. The van der Waals surface area contributed by atoms with E-state index in [1.54, 1.807) is 24.3 Å². The summed E-state index contributed by atoms with van der Waals surface area (Å²) in [5.74, 6) is -0.558. The Morgan fingerprint density at radius 2 is 1.88 bits per heavy atom. The highest BCUT2D eigenvalue weighted by atomic mass is 16.4. The molecule has 1 atom stereocenters. The van der Waals surface area contributed by atoms with Gasteiger partial charge in [0.1, 0.15) is 0 Å². The summed E-state index contributed by atoms with van der Waals surface area (Å²) in [5, 5.41) is 22.0. The Kier molecular flexibility index (Phi) is 5.16. The van der Waals surface area contributed by atoms with Gasteiger partial charge in [0, 0.05) is 18.6 Å². The molecule has 0 saturated heterocycles. The molecule has 3 N–H and O–H groups in total. The van der Waals surface area contributed by atoms with E-state index in [-0.39, 0.29) is 18.6 Å². The van der Waals surface area contributed by atoms with E-state index in [1.165, 1.54) is 12.8 Å². The van der Waals surface area contributed by atoms with Gasteiger partial charge in [0.05, 0.1) is 6.54 Å². The number of nitrogens with zero attached hydrogens (tertiary/aromatic N) is 1. The van der Waals surface area contributed by atoms with Crippen molar-refractivity contribution in [2.75, 3.05) is 13.1 Å². The number of nitrogens with one attached hydrogen (secondary N) is 1. The molecule has 2 aliphatic rings. The minimum atomic E-state index is -1.16. The monoisotopic (exact) mass is 332 g/mol. The molecule has 2 saturated carbocycles. The first-order valence-corrected chi connectivity index (χ1v) is 8.52. The van der Waals surface area contributed by atoms with E-state index >= 15 is 0 Å². The maximum Gasteiger partial charge on any atom is 0.317 e. The zero-order valence-electron chi connectivity index (χ0n) is 13.6. The standard InChI is InChI=1S/C18H24N2O4/c21-16(22)11-20(10-12-6-7-12)15-8-14(9-15)19-18(24)17(23)13-4-2-1-3-5-13/h1-5,12,14-15,17,23H,6-11H2,(H,19,24)(H,21,22)/t14?,15?,17-/m0/s1. The zero-order valence-corrected chi connectivity index (χ0v) is 13.6. The van der Waals surface area contributed by atoms with Gasteiger partial charge in [-0.1, -0.05) is 30.3 Å². The molecule has 0 heterocycles. The van der Waals surface area contributed by atoms with Crippen LogP contribution in [0.3, 0.4) is 0 Å². The minimum Gasteiger partial charge on any atom is -0.480 e. The lowest BCUT2D eigenvalue weighted by Gasteiger charge is -2.43. The van der Waals surface area contributed by atoms with E-state index in [4.69, 9.17) is 5.11 Å². The summed E-state index contributed by atoms with van der Waals surface area (Å²) < 4.78 is 0. The summed E-state index contributed by atoms with van der Waals surface area (Å²) in [5.41, 5.74) is 0.576. The summed E-state index contributed by atoms with van der Waals surface area (Å²) in [6.45, 7) is 0.902. The van der Waals surface area contributed by atoms with Crippen LogP contribution in [0.25, 0.3) is 0 Å². The number of aliphatic hydroxyl groups excluding tert-OH is 1. The van der Waals surface area contributed by atoms with Crippen molar-refractivity contribution in [3.63, 3.8) is 0 Å². The van der Waals surface area contributed by atoms with Crippen molar-refractivity contribution in [3.8, 4) is 0 Å². The Balaban J connectivity index is 1.46. The third kappa shape index (κ3) is 4.33. The highest BCUT2D eigenvalue weighted by Crippen LogP contribution is 2.33. The number of amides is 1. The number of carbonyl (C=O) groups excluding carboxylic acids is 1. The summed E-state index contributed by atoms with van der Waals surface area (Å²) in [6.07, 6.45) is 2.70. The molecule has 0 spiro atoms. The van der Waals surface area contributed by atoms with Gasteiger partial charge in [-0.3, -0.25) is 14.5 Å². The van der Waals surface area contributed by atoms with Gasteiger partial charge in [-0.05, 0) is 37.2 Å². The van der Waals surface area contributed by atoms with Crippen molar-refractivity contribution in [2.24, 2.45) is 5.92 Å². The highest BCUT2D eigenvalue weighted by molar-refractivity contribution is 5.82. The van der Waals surface area contributed by atoms with Crippen molar-refractivity contribution < 1.29 is 19.8 Å². The van der Waals surface area contributed by atoms with Gasteiger partial charge >= 0.3 is 5.97 Å². The fraction of sp³-hybridized carbons (Fsp3) is 0.556. The van der Waals surface area contributed by atoms with Gasteiger partial charge in [0.15, 0.2) is 6.10 Å². The molecule has 24 heavy (non-hydrogen) atoms.